The summed E-state index contributed by atoms with van der Waals surface area (Å²) in [6.45, 7) is 2.84. The van der Waals surface area contributed by atoms with Gasteiger partial charge in [-0.15, -0.1) is 0 Å². The van der Waals surface area contributed by atoms with Gasteiger partial charge in [0.1, 0.15) is 18.8 Å². The first kappa shape index (κ1) is 35.1. The topological polar surface area (TPSA) is 165 Å². The molecule has 47 heavy (non-hydrogen) atoms. The second-order valence-electron chi connectivity index (χ2n) is 10.4. The summed E-state index contributed by atoms with van der Waals surface area (Å²) in [5.74, 6) is -2.53. The van der Waals surface area contributed by atoms with Crippen molar-refractivity contribution < 1.29 is 47.5 Å². The fourth-order valence-corrected chi connectivity index (χ4v) is 4.72. The van der Waals surface area contributed by atoms with Crippen LogP contribution >= 0.6 is 0 Å². The van der Waals surface area contributed by atoms with E-state index in [1.165, 1.54) is 0 Å². The molecule has 3 aromatic rings. The van der Waals surface area contributed by atoms with Crippen LogP contribution in [-0.4, -0.2) is 88.7 Å². The smallest absolute Gasteiger partial charge is 0.338 e. The molecule has 0 bridgehead atoms. The summed E-state index contributed by atoms with van der Waals surface area (Å²) in [4.78, 5) is 42.1. The van der Waals surface area contributed by atoms with Gasteiger partial charge >= 0.3 is 17.9 Å². The molecule has 0 aromatic heterocycles. The molecule has 0 amide bonds. The van der Waals surface area contributed by atoms with E-state index < -0.39 is 48.4 Å². The number of ether oxygens (including phenoxy) is 7. The highest BCUT2D eigenvalue weighted by Crippen LogP contribution is 2.33. The van der Waals surface area contributed by atoms with Gasteiger partial charge in [-0.3, -0.25) is 0 Å². The summed E-state index contributed by atoms with van der Waals surface area (Å²) >= 11 is 0. The van der Waals surface area contributed by atoms with Gasteiger partial charge in [0.25, 0.3) is 0 Å². The molecule has 13 nitrogen and oxygen atoms in total. The van der Waals surface area contributed by atoms with Gasteiger partial charge in [0, 0.05) is 17.4 Å². The number of carbonyl (C=O) groups is 3. The Balaban J connectivity index is 1.49. The van der Waals surface area contributed by atoms with Crippen LogP contribution in [0.5, 0.6) is 0 Å². The lowest BCUT2D eigenvalue weighted by molar-refractivity contribution is -0.282. The zero-order chi connectivity index (χ0) is 33.3. The minimum Gasteiger partial charge on any atom is -0.459 e. The molecule has 5 atom stereocenters. The molecule has 0 saturated carbocycles. The van der Waals surface area contributed by atoms with Crippen LogP contribution in [-0.2, 0) is 33.2 Å². The summed E-state index contributed by atoms with van der Waals surface area (Å²) in [7, 11) is 0. The van der Waals surface area contributed by atoms with Crippen molar-refractivity contribution in [2.24, 2.45) is 11.0 Å². The molecular weight excluding hydrogens is 610 g/mol. The third-order valence-corrected chi connectivity index (χ3v) is 7.12. The Labute approximate surface area is 272 Å². The zero-order valence-corrected chi connectivity index (χ0v) is 25.9. The largest absolute Gasteiger partial charge is 0.459 e. The maximum atomic E-state index is 13.3. The molecule has 248 valence electrons. The Hall–Kier alpha value is -4.78. The van der Waals surface area contributed by atoms with Crippen molar-refractivity contribution in [3.63, 3.8) is 0 Å². The SMILES string of the molecule is CC1C(OCCOCCOCCN=[N+]=[N-])OC(COC(=O)c2ccccc2)C(OC(=O)c2ccccc2)C1OC(=O)c1ccccc1. The normalized spacial score (nSPS) is 20.4. The van der Waals surface area contributed by atoms with Gasteiger partial charge in [-0.25, -0.2) is 14.4 Å². The first-order valence-corrected chi connectivity index (χ1v) is 15.2. The molecule has 1 heterocycles. The molecule has 5 unspecified atom stereocenters. The summed E-state index contributed by atoms with van der Waals surface area (Å²) in [5.41, 5.74) is 9.22. The molecule has 0 spiro atoms. The van der Waals surface area contributed by atoms with E-state index in [9.17, 15) is 14.4 Å². The van der Waals surface area contributed by atoms with Crippen LogP contribution in [0.4, 0.5) is 0 Å². The molecule has 4 rings (SSSR count). The van der Waals surface area contributed by atoms with Gasteiger partial charge < -0.3 is 33.2 Å². The molecule has 3 aromatic carbocycles. The molecule has 0 aliphatic carbocycles. The van der Waals surface area contributed by atoms with Crippen molar-refractivity contribution >= 4 is 17.9 Å². The van der Waals surface area contributed by atoms with E-state index in [1.54, 1.807) is 97.9 Å². The van der Waals surface area contributed by atoms with E-state index >= 15 is 0 Å². The predicted molar refractivity (Wildman–Crippen MR) is 167 cm³/mol. The lowest BCUT2D eigenvalue weighted by atomic mass is 9.91. The van der Waals surface area contributed by atoms with Crippen molar-refractivity contribution in [3.05, 3.63) is 118 Å². The molecule has 1 aliphatic heterocycles. The van der Waals surface area contributed by atoms with Crippen molar-refractivity contribution in [1.29, 1.82) is 0 Å². The molecule has 0 radical (unpaired) electrons. The van der Waals surface area contributed by atoms with Crippen LogP contribution in [0.1, 0.15) is 38.0 Å². The summed E-state index contributed by atoms with van der Waals surface area (Å²) < 4.78 is 40.7. The number of rotatable bonds is 17. The third-order valence-electron chi connectivity index (χ3n) is 7.12. The van der Waals surface area contributed by atoms with Gasteiger partial charge in [-0.05, 0) is 41.9 Å². The maximum absolute atomic E-state index is 13.3. The summed E-state index contributed by atoms with van der Waals surface area (Å²) in [6.07, 6.45) is -4.21. The van der Waals surface area contributed by atoms with E-state index in [0.717, 1.165) is 0 Å². The molecule has 13 heteroatoms. The average molecular weight is 648 g/mol. The number of nitrogens with zero attached hydrogens (tertiary/aromatic N) is 3. The van der Waals surface area contributed by atoms with Gasteiger partial charge in [0.15, 0.2) is 12.4 Å². The second-order valence-corrected chi connectivity index (χ2v) is 10.4. The average Bonchev–Trinajstić information content (AvgIpc) is 3.11. The monoisotopic (exact) mass is 647 g/mol. The lowest BCUT2D eigenvalue weighted by Gasteiger charge is -2.44. The number of benzene rings is 3. The fraction of sp³-hybridized carbons (Fsp3) is 0.382. The highest BCUT2D eigenvalue weighted by Gasteiger charge is 2.49. The second kappa shape index (κ2) is 19.0. The highest BCUT2D eigenvalue weighted by atomic mass is 16.7. The number of hydrogen-bond acceptors (Lipinski definition) is 11. The summed E-state index contributed by atoms with van der Waals surface area (Å²) in [5, 5.41) is 3.39. The quantitative estimate of drug-likeness (QED) is 0.0485. The Kier molecular flexibility index (Phi) is 14.2. The van der Waals surface area contributed by atoms with Gasteiger partial charge in [-0.2, -0.15) is 0 Å². The van der Waals surface area contributed by atoms with E-state index in [4.69, 9.17) is 38.7 Å². The number of carbonyl (C=O) groups excluding carboxylic acids is 3. The molecule has 1 aliphatic rings. The van der Waals surface area contributed by atoms with E-state index in [2.05, 4.69) is 10.0 Å². The third kappa shape index (κ3) is 10.9. The highest BCUT2D eigenvalue weighted by molar-refractivity contribution is 5.90. The molecule has 0 N–H and O–H groups in total. The Morgan fingerprint density at radius 3 is 1.74 bits per heavy atom. The molecular formula is C34H37N3O10. The number of esters is 3. The van der Waals surface area contributed by atoms with E-state index in [0.29, 0.717) is 17.7 Å². The predicted octanol–water partition coefficient (Wildman–Crippen LogP) is 5.02. The minimum atomic E-state index is -1.16. The van der Waals surface area contributed by atoms with Crippen LogP contribution in [0, 0.1) is 5.92 Å². The maximum Gasteiger partial charge on any atom is 0.338 e. The van der Waals surface area contributed by atoms with Crippen molar-refractivity contribution in [2.45, 2.75) is 31.5 Å². The lowest BCUT2D eigenvalue weighted by Crippen LogP contribution is -2.58. The van der Waals surface area contributed by atoms with Crippen molar-refractivity contribution in [1.82, 2.24) is 0 Å². The Morgan fingerprint density at radius 1 is 0.702 bits per heavy atom. The van der Waals surface area contributed by atoms with Crippen molar-refractivity contribution in [3.8, 4) is 0 Å². The fourth-order valence-electron chi connectivity index (χ4n) is 4.72. The van der Waals surface area contributed by atoms with E-state index in [-0.39, 0.29) is 45.1 Å². The number of azide groups is 1. The first-order chi connectivity index (χ1) is 23.0. The van der Waals surface area contributed by atoms with Crippen LogP contribution in [0.15, 0.2) is 96.1 Å². The van der Waals surface area contributed by atoms with Crippen LogP contribution in [0.3, 0.4) is 0 Å². The van der Waals surface area contributed by atoms with E-state index in [1.807, 2.05) is 0 Å². The minimum absolute atomic E-state index is 0.109. The van der Waals surface area contributed by atoms with Crippen LogP contribution < -0.4 is 0 Å². The molecule has 1 fully saturated rings. The van der Waals surface area contributed by atoms with Crippen molar-refractivity contribution in [2.75, 3.05) is 46.2 Å². The standard InChI is InChI=1S/C34H37N3O10/c1-24-29(46-32(39)26-13-7-3-8-14-26)30(47-33(40)27-15-9-4-10-16-27)28(23-44-31(38)25-11-5-2-6-12-25)45-34(24)43-22-21-42-20-19-41-18-17-36-37-35/h2-16,24,28-30,34H,17-23H2,1H3. The zero-order valence-electron chi connectivity index (χ0n) is 25.9. The van der Waals surface area contributed by atoms with Gasteiger partial charge in [0.05, 0.1) is 49.7 Å². The van der Waals surface area contributed by atoms with Gasteiger partial charge in [0.2, 0.25) is 0 Å². The Morgan fingerprint density at radius 2 is 1.19 bits per heavy atom. The Bertz CT molecular complexity index is 1450. The van der Waals surface area contributed by atoms with Crippen LogP contribution in [0.25, 0.3) is 10.4 Å². The van der Waals surface area contributed by atoms with Crippen LogP contribution in [0.2, 0.25) is 0 Å². The molecule has 1 saturated heterocycles. The first-order valence-electron chi connectivity index (χ1n) is 15.2. The van der Waals surface area contributed by atoms with Gasteiger partial charge in [-0.1, -0.05) is 66.6 Å². The number of hydrogen-bond donors (Lipinski definition) is 0. The summed E-state index contributed by atoms with van der Waals surface area (Å²) in [6, 6.07) is 25.2.